The summed E-state index contributed by atoms with van der Waals surface area (Å²) in [4.78, 5) is 18.7. The standard InChI is InChI=1S/C19H24F2N4O2S/c1-25(2)18(26)13-24-19(22-8-7-15-4-3-11-28-15)23-9-10-27-17-6-5-14(20)12-16(17)21/h3-6,11-12H,7-10,13H2,1-2H3,(H2,22,23,24). The largest absolute Gasteiger partial charge is 0.489 e. The number of aliphatic imine (C=N–C) groups is 1. The maximum absolute atomic E-state index is 13.6. The van der Waals surface area contributed by atoms with Crippen LogP contribution in [0.1, 0.15) is 4.88 Å². The van der Waals surface area contributed by atoms with E-state index in [1.54, 1.807) is 25.4 Å². The summed E-state index contributed by atoms with van der Waals surface area (Å²) in [5, 5.41) is 8.23. The van der Waals surface area contributed by atoms with E-state index in [1.807, 2.05) is 11.4 Å². The van der Waals surface area contributed by atoms with Crippen molar-refractivity contribution >= 4 is 23.2 Å². The summed E-state index contributed by atoms with van der Waals surface area (Å²) in [6, 6.07) is 7.20. The van der Waals surface area contributed by atoms with Crippen molar-refractivity contribution in [1.82, 2.24) is 15.5 Å². The van der Waals surface area contributed by atoms with Crippen LogP contribution in [-0.4, -0.2) is 57.1 Å². The van der Waals surface area contributed by atoms with Gasteiger partial charge < -0.3 is 20.3 Å². The number of ether oxygens (including phenoxy) is 1. The summed E-state index contributed by atoms with van der Waals surface area (Å²) in [6.07, 6.45) is 0.831. The summed E-state index contributed by atoms with van der Waals surface area (Å²) >= 11 is 1.67. The van der Waals surface area contributed by atoms with Crippen LogP contribution in [0.25, 0.3) is 0 Å². The molecule has 0 fully saturated rings. The first-order valence-corrected chi connectivity index (χ1v) is 9.66. The number of guanidine groups is 1. The molecule has 2 N–H and O–H groups in total. The minimum absolute atomic E-state index is 0.00871. The van der Waals surface area contributed by atoms with Crippen LogP contribution in [0.2, 0.25) is 0 Å². The highest BCUT2D eigenvalue weighted by Gasteiger charge is 2.07. The Kier molecular flexibility index (Phi) is 8.67. The number of nitrogens with one attached hydrogen (secondary N) is 2. The summed E-state index contributed by atoms with van der Waals surface area (Å²) in [7, 11) is 3.33. The molecule has 28 heavy (non-hydrogen) atoms. The number of nitrogens with zero attached hydrogens (tertiary/aromatic N) is 2. The van der Waals surface area contributed by atoms with Crippen LogP contribution in [0.15, 0.2) is 40.7 Å². The van der Waals surface area contributed by atoms with E-state index in [4.69, 9.17) is 4.74 Å². The van der Waals surface area contributed by atoms with Crippen LogP contribution in [0.4, 0.5) is 8.78 Å². The van der Waals surface area contributed by atoms with E-state index < -0.39 is 11.6 Å². The lowest BCUT2D eigenvalue weighted by atomic mass is 10.3. The molecule has 0 aliphatic carbocycles. The molecule has 9 heteroatoms. The minimum atomic E-state index is -0.750. The molecule has 0 aliphatic rings. The van der Waals surface area contributed by atoms with Crippen molar-refractivity contribution in [3.63, 3.8) is 0 Å². The van der Waals surface area contributed by atoms with Crippen molar-refractivity contribution in [3.05, 3.63) is 52.2 Å². The lowest BCUT2D eigenvalue weighted by Gasteiger charge is -2.14. The fourth-order valence-electron chi connectivity index (χ4n) is 2.14. The smallest absolute Gasteiger partial charge is 0.243 e. The van der Waals surface area contributed by atoms with Crippen molar-refractivity contribution in [2.75, 3.05) is 40.3 Å². The van der Waals surface area contributed by atoms with Crippen LogP contribution in [-0.2, 0) is 11.2 Å². The highest BCUT2D eigenvalue weighted by atomic mass is 32.1. The van der Waals surface area contributed by atoms with E-state index in [0.29, 0.717) is 19.0 Å². The summed E-state index contributed by atoms with van der Waals surface area (Å²) in [6.45, 7) is 1.14. The average Bonchev–Trinajstić information content (AvgIpc) is 3.17. The molecule has 0 spiro atoms. The second-order valence-corrected chi connectivity index (χ2v) is 7.09. The average molecular weight is 410 g/mol. The Morgan fingerprint density at radius 1 is 1.21 bits per heavy atom. The van der Waals surface area contributed by atoms with Crippen molar-refractivity contribution < 1.29 is 18.3 Å². The van der Waals surface area contributed by atoms with E-state index in [1.165, 1.54) is 15.8 Å². The third kappa shape index (κ3) is 7.51. The molecular formula is C19H24F2N4O2S. The number of halogens is 2. The van der Waals surface area contributed by atoms with Crippen LogP contribution in [0.5, 0.6) is 5.75 Å². The molecular weight excluding hydrogens is 386 g/mol. The molecule has 0 radical (unpaired) electrons. The molecule has 152 valence electrons. The van der Waals surface area contributed by atoms with E-state index in [9.17, 15) is 13.6 Å². The van der Waals surface area contributed by atoms with Gasteiger partial charge in [-0.2, -0.15) is 0 Å². The second kappa shape index (κ2) is 11.2. The van der Waals surface area contributed by atoms with Gasteiger partial charge in [-0.25, -0.2) is 13.8 Å². The molecule has 0 bridgehead atoms. The molecule has 1 aromatic carbocycles. The molecule has 1 heterocycles. The van der Waals surface area contributed by atoms with Gasteiger partial charge in [-0.05, 0) is 30.0 Å². The number of carbonyl (C=O) groups is 1. The molecule has 6 nitrogen and oxygen atoms in total. The Labute approximate surface area is 167 Å². The summed E-state index contributed by atoms with van der Waals surface area (Å²) in [5.41, 5.74) is 0. The zero-order chi connectivity index (χ0) is 20.4. The first kappa shape index (κ1) is 21.6. The number of likely N-dealkylation sites (N-methyl/N-ethyl adjacent to an activating group) is 1. The maximum Gasteiger partial charge on any atom is 0.243 e. The Morgan fingerprint density at radius 3 is 2.68 bits per heavy atom. The maximum atomic E-state index is 13.6. The number of rotatable bonds is 9. The van der Waals surface area contributed by atoms with E-state index in [2.05, 4.69) is 21.7 Å². The molecule has 1 amide bonds. The summed E-state index contributed by atoms with van der Waals surface area (Å²) < 4.78 is 31.8. The van der Waals surface area contributed by atoms with Gasteiger partial charge in [-0.3, -0.25) is 4.79 Å². The highest BCUT2D eigenvalue weighted by Crippen LogP contribution is 2.17. The van der Waals surface area contributed by atoms with Gasteiger partial charge >= 0.3 is 0 Å². The lowest BCUT2D eigenvalue weighted by Crippen LogP contribution is -2.41. The molecule has 2 rings (SSSR count). The molecule has 0 unspecified atom stereocenters. The van der Waals surface area contributed by atoms with Crippen molar-refractivity contribution in [2.45, 2.75) is 6.42 Å². The van der Waals surface area contributed by atoms with Crippen LogP contribution >= 0.6 is 11.3 Å². The van der Waals surface area contributed by atoms with Crippen LogP contribution < -0.4 is 15.4 Å². The van der Waals surface area contributed by atoms with Gasteiger partial charge in [0.05, 0.1) is 6.54 Å². The zero-order valence-electron chi connectivity index (χ0n) is 15.9. The topological polar surface area (TPSA) is 66.0 Å². The Morgan fingerprint density at radius 2 is 2.00 bits per heavy atom. The van der Waals surface area contributed by atoms with E-state index in [0.717, 1.165) is 18.6 Å². The quantitative estimate of drug-likeness (QED) is 0.378. The van der Waals surface area contributed by atoms with E-state index in [-0.39, 0.29) is 24.8 Å². The van der Waals surface area contributed by atoms with Crippen molar-refractivity contribution in [2.24, 2.45) is 4.99 Å². The van der Waals surface area contributed by atoms with E-state index >= 15 is 0 Å². The third-order valence-corrected chi connectivity index (χ3v) is 4.60. The number of thiophene rings is 1. The SMILES string of the molecule is CN(C)C(=O)CN=C(NCCOc1ccc(F)cc1F)NCCc1cccs1. The van der Waals surface area contributed by atoms with Gasteiger partial charge in [0, 0.05) is 31.6 Å². The normalized spacial score (nSPS) is 11.2. The Hall–Kier alpha value is -2.68. The first-order valence-electron chi connectivity index (χ1n) is 8.78. The van der Waals surface area contributed by atoms with Crippen LogP contribution in [0, 0.1) is 11.6 Å². The van der Waals surface area contributed by atoms with Crippen molar-refractivity contribution in [3.8, 4) is 5.75 Å². The molecule has 2 aromatic rings. The number of benzene rings is 1. The number of amides is 1. The second-order valence-electron chi connectivity index (χ2n) is 6.06. The van der Waals surface area contributed by atoms with Gasteiger partial charge in [0.1, 0.15) is 19.0 Å². The zero-order valence-corrected chi connectivity index (χ0v) is 16.7. The first-order chi connectivity index (χ1) is 13.5. The highest BCUT2D eigenvalue weighted by molar-refractivity contribution is 7.09. The third-order valence-electron chi connectivity index (χ3n) is 3.66. The minimum Gasteiger partial charge on any atom is -0.489 e. The fraction of sp³-hybridized carbons (Fsp3) is 0.368. The van der Waals surface area contributed by atoms with Crippen LogP contribution in [0.3, 0.4) is 0 Å². The summed E-state index contributed by atoms with van der Waals surface area (Å²) in [5.74, 6) is -1.08. The number of carbonyl (C=O) groups excluding carboxylic acids is 1. The van der Waals surface area contributed by atoms with Gasteiger partial charge in [-0.15, -0.1) is 11.3 Å². The number of hydrogen-bond acceptors (Lipinski definition) is 4. The Balaban J connectivity index is 1.83. The van der Waals surface area contributed by atoms with Gasteiger partial charge in [0.25, 0.3) is 0 Å². The predicted molar refractivity (Wildman–Crippen MR) is 107 cm³/mol. The van der Waals surface area contributed by atoms with Gasteiger partial charge in [0.15, 0.2) is 17.5 Å². The van der Waals surface area contributed by atoms with Gasteiger partial charge in [0.2, 0.25) is 5.91 Å². The monoisotopic (exact) mass is 410 g/mol. The van der Waals surface area contributed by atoms with Crippen molar-refractivity contribution in [1.29, 1.82) is 0 Å². The van der Waals surface area contributed by atoms with Gasteiger partial charge in [-0.1, -0.05) is 6.07 Å². The molecule has 0 saturated carbocycles. The molecule has 0 saturated heterocycles. The fourth-order valence-corrected chi connectivity index (χ4v) is 2.85. The molecule has 1 aromatic heterocycles. The lowest BCUT2D eigenvalue weighted by molar-refractivity contribution is -0.127. The Bertz CT molecular complexity index is 782. The number of hydrogen-bond donors (Lipinski definition) is 2. The molecule has 0 atom stereocenters. The molecule has 0 aliphatic heterocycles. The predicted octanol–water partition coefficient (Wildman–Crippen LogP) is 2.27.